The molecule has 2 atom stereocenters. The summed E-state index contributed by atoms with van der Waals surface area (Å²) < 4.78 is 0. The van der Waals surface area contributed by atoms with Gasteiger partial charge >= 0.3 is 5.97 Å². The fourth-order valence-electron chi connectivity index (χ4n) is 2.19. The van der Waals surface area contributed by atoms with Crippen LogP contribution in [-0.2, 0) is 0 Å². The molecule has 2 rings (SSSR count). The van der Waals surface area contributed by atoms with E-state index < -0.39 is 17.3 Å². The number of carboxylic acids is 1. The summed E-state index contributed by atoms with van der Waals surface area (Å²) in [6.07, 6.45) is 0. The molecular formula is C17H17NO4S. The molecule has 1 N–H and O–H groups in total. The number of hydrogen-bond donors (Lipinski definition) is 1. The molecule has 6 heteroatoms. The topological polar surface area (TPSA) is 80.4 Å². The number of thioether (sulfide) groups is 1. The fraction of sp³-hybridized carbons (Fsp3) is 0.235. The van der Waals surface area contributed by atoms with Crippen molar-refractivity contribution in [3.63, 3.8) is 0 Å². The number of benzene rings is 2. The van der Waals surface area contributed by atoms with E-state index in [1.165, 1.54) is 17.8 Å². The van der Waals surface area contributed by atoms with Crippen molar-refractivity contribution in [2.24, 2.45) is 0 Å². The van der Waals surface area contributed by atoms with Gasteiger partial charge in [0, 0.05) is 16.7 Å². The van der Waals surface area contributed by atoms with E-state index in [1.807, 2.05) is 31.2 Å². The van der Waals surface area contributed by atoms with Crippen LogP contribution in [-0.4, -0.2) is 22.0 Å². The molecule has 0 aliphatic heterocycles. The van der Waals surface area contributed by atoms with Crippen molar-refractivity contribution in [1.29, 1.82) is 0 Å². The summed E-state index contributed by atoms with van der Waals surface area (Å²) in [6, 6.07) is 13.2. The lowest BCUT2D eigenvalue weighted by atomic mass is 10.1. The third-order valence-electron chi connectivity index (χ3n) is 3.55. The van der Waals surface area contributed by atoms with E-state index in [9.17, 15) is 20.0 Å². The first-order valence-corrected chi connectivity index (χ1v) is 7.97. The molecule has 0 fully saturated rings. The van der Waals surface area contributed by atoms with Crippen molar-refractivity contribution in [1.82, 2.24) is 0 Å². The van der Waals surface area contributed by atoms with E-state index in [2.05, 4.69) is 0 Å². The zero-order chi connectivity index (χ0) is 17.0. The van der Waals surface area contributed by atoms with Crippen molar-refractivity contribution in [3.05, 3.63) is 75.3 Å². The average molecular weight is 331 g/mol. The third-order valence-corrected chi connectivity index (χ3v) is 5.08. The van der Waals surface area contributed by atoms with Gasteiger partial charge in [-0.15, -0.1) is 11.8 Å². The van der Waals surface area contributed by atoms with Gasteiger partial charge in [0.05, 0.1) is 5.56 Å². The smallest absolute Gasteiger partial charge is 0.336 e. The van der Waals surface area contributed by atoms with Crippen LogP contribution in [0.3, 0.4) is 0 Å². The van der Waals surface area contributed by atoms with E-state index in [4.69, 9.17) is 0 Å². The van der Waals surface area contributed by atoms with Crippen molar-refractivity contribution >= 4 is 17.7 Å². The number of carboxylic acid groups (broad SMARTS) is 1. The van der Waals surface area contributed by atoms with Crippen LogP contribution in [0.5, 0.6) is 0 Å². The van der Waals surface area contributed by atoms with Gasteiger partial charge in [0.1, 0.15) is 5.25 Å². The zero-order valence-corrected chi connectivity index (χ0v) is 13.6. The number of rotatable bonds is 6. The summed E-state index contributed by atoms with van der Waals surface area (Å²) in [5.74, 6) is -1.04. The first kappa shape index (κ1) is 17.0. The summed E-state index contributed by atoms with van der Waals surface area (Å²) >= 11 is 1.22. The average Bonchev–Trinajstić information content (AvgIpc) is 2.53. The molecule has 0 saturated heterocycles. The highest BCUT2D eigenvalue weighted by Gasteiger charge is 2.30. The number of nitrogens with zero attached hydrogens (tertiary/aromatic N) is 1. The van der Waals surface area contributed by atoms with Crippen molar-refractivity contribution in [3.8, 4) is 0 Å². The van der Waals surface area contributed by atoms with Crippen LogP contribution in [0.25, 0.3) is 0 Å². The van der Waals surface area contributed by atoms with E-state index in [0.29, 0.717) is 4.90 Å². The molecule has 0 heterocycles. The first-order valence-electron chi connectivity index (χ1n) is 7.09. The molecule has 0 aliphatic rings. The lowest BCUT2D eigenvalue weighted by Gasteiger charge is -2.19. The molecule has 5 nitrogen and oxygen atoms in total. The van der Waals surface area contributed by atoms with Crippen LogP contribution in [0, 0.1) is 17.0 Å². The molecule has 0 radical (unpaired) electrons. The van der Waals surface area contributed by atoms with E-state index in [1.54, 1.807) is 25.1 Å². The predicted octanol–water partition coefficient (Wildman–Crippen LogP) is 4.19. The molecule has 0 aliphatic carbocycles. The van der Waals surface area contributed by atoms with Gasteiger partial charge in [-0.1, -0.05) is 42.0 Å². The summed E-state index contributed by atoms with van der Waals surface area (Å²) in [4.78, 5) is 22.8. The Morgan fingerprint density at radius 2 is 1.78 bits per heavy atom. The normalized spacial score (nSPS) is 13.3. The minimum absolute atomic E-state index is 0.158. The van der Waals surface area contributed by atoms with Crippen LogP contribution < -0.4 is 0 Å². The SMILES string of the molecule is Cc1ccc(C(Sc2ccccc2C(=O)O)C(C)[N+](=O)[O-])cc1. The van der Waals surface area contributed by atoms with Gasteiger partial charge in [-0.05, 0) is 24.6 Å². The molecule has 0 aromatic heterocycles. The number of aryl methyl sites for hydroxylation is 1. The Kier molecular flexibility index (Phi) is 5.39. The second-order valence-electron chi connectivity index (χ2n) is 5.28. The lowest BCUT2D eigenvalue weighted by Crippen LogP contribution is -2.22. The summed E-state index contributed by atoms with van der Waals surface area (Å²) in [6.45, 7) is 3.49. The Bertz CT molecular complexity index is 715. The molecule has 2 aromatic carbocycles. The van der Waals surface area contributed by atoms with Crippen molar-refractivity contribution in [2.75, 3.05) is 0 Å². The Labute approximate surface area is 138 Å². The minimum atomic E-state index is -1.04. The first-order chi connectivity index (χ1) is 10.9. The van der Waals surface area contributed by atoms with E-state index in [-0.39, 0.29) is 10.5 Å². The summed E-state index contributed by atoms with van der Waals surface area (Å²) in [7, 11) is 0. The highest BCUT2D eigenvalue weighted by atomic mass is 32.2. The number of carbonyl (C=O) groups is 1. The molecule has 120 valence electrons. The number of hydrogen-bond acceptors (Lipinski definition) is 4. The van der Waals surface area contributed by atoms with Gasteiger partial charge in [-0.3, -0.25) is 10.1 Å². The van der Waals surface area contributed by atoms with E-state index >= 15 is 0 Å². The molecule has 0 bridgehead atoms. The maximum Gasteiger partial charge on any atom is 0.336 e. The Balaban J connectivity index is 2.41. The summed E-state index contributed by atoms with van der Waals surface area (Å²) in [5.41, 5.74) is 2.03. The molecule has 0 saturated carbocycles. The second kappa shape index (κ2) is 7.28. The predicted molar refractivity (Wildman–Crippen MR) is 89.6 cm³/mol. The van der Waals surface area contributed by atoms with Gasteiger partial charge in [0.15, 0.2) is 0 Å². The highest BCUT2D eigenvalue weighted by Crippen LogP contribution is 2.40. The monoisotopic (exact) mass is 331 g/mol. The maximum absolute atomic E-state index is 11.3. The Hall–Kier alpha value is -2.34. The Morgan fingerprint density at radius 1 is 1.17 bits per heavy atom. The van der Waals surface area contributed by atoms with Gasteiger partial charge in [0.2, 0.25) is 6.04 Å². The fourth-order valence-corrected chi connectivity index (χ4v) is 3.50. The van der Waals surface area contributed by atoms with Gasteiger partial charge in [-0.25, -0.2) is 4.79 Å². The highest BCUT2D eigenvalue weighted by molar-refractivity contribution is 7.99. The molecular weight excluding hydrogens is 314 g/mol. The lowest BCUT2D eigenvalue weighted by molar-refractivity contribution is -0.518. The van der Waals surface area contributed by atoms with Crippen LogP contribution >= 0.6 is 11.8 Å². The second-order valence-corrected chi connectivity index (χ2v) is 6.46. The van der Waals surface area contributed by atoms with Crippen molar-refractivity contribution in [2.45, 2.75) is 30.0 Å². The van der Waals surface area contributed by atoms with Crippen LogP contribution in [0.4, 0.5) is 0 Å². The maximum atomic E-state index is 11.3. The molecule has 2 unspecified atom stereocenters. The van der Waals surface area contributed by atoms with E-state index in [0.717, 1.165) is 11.1 Å². The number of nitro groups is 1. The van der Waals surface area contributed by atoms with Crippen LogP contribution in [0.15, 0.2) is 53.4 Å². The van der Waals surface area contributed by atoms with Gasteiger partial charge in [0.25, 0.3) is 0 Å². The Morgan fingerprint density at radius 3 is 2.35 bits per heavy atom. The standard InChI is InChI=1S/C17H17NO4S/c1-11-7-9-13(10-8-11)16(12(2)18(21)22)23-15-6-4-3-5-14(15)17(19)20/h3-10,12,16H,1-2H3,(H,19,20). The molecule has 0 spiro atoms. The molecule has 23 heavy (non-hydrogen) atoms. The third kappa shape index (κ3) is 4.10. The quantitative estimate of drug-likeness (QED) is 0.487. The molecule has 2 aromatic rings. The van der Waals surface area contributed by atoms with Gasteiger partial charge in [-0.2, -0.15) is 0 Å². The largest absolute Gasteiger partial charge is 0.478 e. The van der Waals surface area contributed by atoms with Crippen LogP contribution in [0.1, 0.15) is 33.7 Å². The molecule has 0 amide bonds. The van der Waals surface area contributed by atoms with Crippen LogP contribution in [0.2, 0.25) is 0 Å². The minimum Gasteiger partial charge on any atom is -0.478 e. The zero-order valence-electron chi connectivity index (χ0n) is 12.8. The number of aromatic carboxylic acids is 1. The van der Waals surface area contributed by atoms with Crippen molar-refractivity contribution < 1.29 is 14.8 Å². The summed E-state index contributed by atoms with van der Waals surface area (Å²) in [5, 5.41) is 20.1. The van der Waals surface area contributed by atoms with Gasteiger partial charge < -0.3 is 5.11 Å².